The summed E-state index contributed by atoms with van der Waals surface area (Å²) in [4.78, 5) is 10.4. The average Bonchev–Trinajstić information content (AvgIpc) is 2.37. The maximum absolute atomic E-state index is 11.8. The smallest absolute Gasteiger partial charge is 0.341 e. The zero-order chi connectivity index (χ0) is 14.3. The van der Waals surface area contributed by atoms with Crippen LogP contribution in [0.15, 0.2) is 29.2 Å². The van der Waals surface area contributed by atoms with Crippen LogP contribution < -0.4 is 9.46 Å². The minimum absolute atomic E-state index is 0.0622. The SMILES string of the molecule is C#CCCNS(=O)(=O)c1ccc(OCC(=O)O)cc1. The van der Waals surface area contributed by atoms with Crippen molar-refractivity contribution in [2.24, 2.45) is 0 Å². The summed E-state index contributed by atoms with van der Waals surface area (Å²) in [5, 5.41) is 8.43. The van der Waals surface area contributed by atoms with Gasteiger partial charge in [0.25, 0.3) is 0 Å². The van der Waals surface area contributed by atoms with Gasteiger partial charge in [-0.1, -0.05) is 0 Å². The molecule has 1 rings (SSSR count). The summed E-state index contributed by atoms with van der Waals surface area (Å²) in [5.41, 5.74) is 0. The molecule has 2 N–H and O–H groups in total. The van der Waals surface area contributed by atoms with E-state index in [0.717, 1.165) is 0 Å². The fourth-order valence-corrected chi connectivity index (χ4v) is 2.23. The third-order valence-corrected chi connectivity index (χ3v) is 3.53. The molecule has 1 aromatic carbocycles. The van der Waals surface area contributed by atoms with Gasteiger partial charge in [-0.15, -0.1) is 12.3 Å². The molecule has 0 unspecified atom stereocenters. The molecule has 0 spiro atoms. The van der Waals surface area contributed by atoms with Gasteiger partial charge < -0.3 is 9.84 Å². The molecule has 0 aliphatic rings. The minimum atomic E-state index is -3.60. The third-order valence-electron chi connectivity index (χ3n) is 2.06. The lowest BCUT2D eigenvalue weighted by molar-refractivity contribution is -0.139. The van der Waals surface area contributed by atoms with Gasteiger partial charge in [-0.05, 0) is 24.3 Å². The number of carboxylic acid groups (broad SMARTS) is 1. The molecule has 0 saturated heterocycles. The predicted molar refractivity (Wildman–Crippen MR) is 68.2 cm³/mol. The first-order valence-electron chi connectivity index (χ1n) is 5.33. The van der Waals surface area contributed by atoms with Crippen molar-refractivity contribution in [1.29, 1.82) is 0 Å². The molecule has 7 heteroatoms. The van der Waals surface area contributed by atoms with Crippen LogP contribution in [-0.4, -0.2) is 32.6 Å². The van der Waals surface area contributed by atoms with Crippen LogP contribution in [0.3, 0.4) is 0 Å². The predicted octanol–water partition coefficient (Wildman–Crippen LogP) is 0.452. The average molecular weight is 283 g/mol. The molecule has 0 aliphatic heterocycles. The summed E-state index contributed by atoms with van der Waals surface area (Å²) < 4.78 is 30.8. The van der Waals surface area contributed by atoms with E-state index in [1.165, 1.54) is 24.3 Å². The molecule has 0 radical (unpaired) electrons. The Morgan fingerprint density at radius 2 is 2.00 bits per heavy atom. The first-order chi connectivity index (χ1) is 8.95. The van der Waals surface area contributed by atoms with Crippen LogP contribution in [-0.2, 0) is 14.8 Å². The van der Waals surface area contributed by atoms with Crippen molar-refractivity contribution in [3.63, 3.8) is 0 Å². The van der Waals surface area contributed by atoms with E-state index in [2.05, 4.69) is 10.6 Å². The molecule has 102 valence electrons. The zero-order valence-corrected chi connectivity index (χ0v) is 10.8. The second-order valence-electron chi connectivity index (χ2n) is 3.51. The van der Waals surface area contributed by atoms with Crippen LogP contribution in [0.4, 0.5) is 0 Å². The molecule has 0 aromatic heterocycles. The van der Waals surface area contributed by atoms with E-state index in [1.807, 2.05) is 0 Å². The number of sulfonamides is 1. The maximum atomic E-state index is 11.8. The van der Waals surface area contributed by atoms with Crippen LogP contribution in [0.2, 0.25) is 0 Å². The van der Waals surface area contributed by atoms with Crippen LogP contribution in [0.1, 0.15) is 6.42 Å². The van der Waals surface area contributed by atoms with Gasteiger partial charge in [0.15, 0.2) is 6.61 Å². The van der Waals surface area contributed by atoms with E-state index in [0.29, 0.717) is 6.42 Å². The Balaban J connectivity index is 2.70. The lowest BCUT2D eigenvalue weighted by Gasteiger charge is -2.07. The molecule has 0 atom stereocenters. The highest BCUT2D eigenvalue weighted by molar-refractivity contribution is 7.89. The number of hydrogen-bond donors (Lipinski definition) is 2. The molecule has 19 heavy (non-hydrogen) atoms. The van der Waals surface area contributed by atoms with E-state index < -0.39 is 22.6 Å². The van der Waals surface area contributed by atoms with Gasteiger partial charge in [-0.2, -0.15) is 0 Å². The Labute approximate surface area is 111 Å². The van der Waals surface area contributed by atoms with Crippen molar-refractivity contribution in [2.75, 3.05) is 13.2 Å². The molecule has 0 saturated carbocycles. The zero-order valence-electron chi connectivity index (χ0n) is 10.00. The van der Waals surface area contributed by atoms with E-state index in [4.69, 9.17) is 16.3 Å². The number of carboxylic acids is 1. The highest BCUT2D eigenvalue weighted by Gasteiger charge is 2.12. The number of carbonyl (C=O) groups is 1. The third kappa shape index (κ3) is 4.99. The van der Waals surface area contributed by atoms with Gasteiger partial charge in [0, 0.05) is 13.0 Å². The number of terminal acetylenes is 1. The molecule has 1 aromatic rings. The number of hydrogen-bond acceptors (Lipinski definition) is 4. The van der Waals surface area contributed by atoms with Gasteiger partial charge in [-0.3, -0.25) is 0 Å². The van der Waals surface area contributed by atoms with Gasteiger partial charge >= 0.3 is 5.97 Å². The number of ether oxygens (including phenoxy) is 1. The van der Waals surface area contributed by atoms with E-state index in [9.17, 15) is 13.2 Å². The monoisotopic (exact) mass is 283 g/mol. The first kappa shape index (κ1) is 15.0. The first-order valence-corrected chi connectivity index (χ1v) is 6.82. The standard InChI is InChI=1S/C12H13NO5S/c1-2-3-8-13-19(16,17)11-6-4-10(5-7-11)18-9-12(14)15/h1,4-7,13H,3,8-9H2,(H,14,15). The summed E-state index contributed by atoms with van der Waals surface area (Å²) in [7, 11) is -3.60. The van der Waals surface area contributed by atoms with Gasteiger partial charge in [0.1, 0.15) is 5.75 Å². The molecule has 0 aliphatic carbocycles. The van der Waals surface area contributed by atoms with E-state index in [-0.39, 0.29) is 17.2 Å². The Morgan fingerprint density at radius 1 is 1.37 bits per heavy atom. The molecule has 0 fully saturated rings. The van der Waals surface area contributed by atoms with Crippen LogP contribution in [0.5, 0.6) is 5.75 Å². The molecule has 0 heterocycles. The van der Waals surface area contributed by atoms with Crippen molar-refractivity contribution in [3.05, 3.63) is 24.3 Å². The fraction of sp³-hybridized carbons (Fsp3) is 0.250. The van der Waals surface area contributed by atoms with Crippen molar-refractivity contribution in [2.45, 2.75) is 11.3 Å². The number of rotatable bonds is 7. The van der Waals surface area contributed by atoms with Crippen molar-refractivity contribution in [3.8, 4) is 18.1 Å². The summed E-state index contributed by atoms with van der Waals surface area (Å²) >= 11 is 0. The summed E-state index contributed by atoms with van der Waals surface area (Å²) in [6.45, 7) is -0.317. The lowest BCUT2D eigenvalue weighted by atomic mass is 10.3. The second-order valence-corrected chi connectivity index (χ2v) is 5.27. The molecule has 0 bridgehead atoms. The van der Waals surface area contributed by atoms with Crippen molar-refractivity contribution >= 4 is 16.0 Å². The van der Waals surface area contributed by atoms with Crippen LogP contribution in [0, 0.1) is 12.3 Å². The number of nitrogens with one attached hydrogen (secondary N) is 1. The van der Waals surface area contributed by atoms with Gasteiger partial charge in [0.2, 0.25) is 10.0 Å². The molecule has 6 nitrogen and oxygen atoms in total. The Bertz CT molecular complexity index is 571. The highest BCUT2D eigenvalue weighted by Crippen LogP contribution is 2.15. The minimum Gasteiger partial charge on any atom is -0.482 e. The lowest BCUT2D eigenvalue weighted by Crippen LogP contribution is -2.24. The molecule has 0 amide bonds. The number of aliphatic carboxylic acids is 1. The van der Waals surface area contributed by atoms with Crippen LogP contribution >= 0.6 is 0 Å². The highest BCUT2D eigenvalue weighted by atomic mass is 32.2. The maximum Gasteiger partial charge on any atom is 0.341 e. The summed E-state index contributed by atoms with van der Waals surface area (Å²) in [6, 6.07) is 5.43. The van der Waals surface area contributed by atoms with E-state index in [1.54, 1.807) is 0 Å². The quantitative estimate of drug-likeness (QED) is 0.560. The topological polar surface area (TPSA) is 92.7 Å². The molecular formula is C12H13NO5S. The largest absolute Gasteiger partial charge is 0.482 e. The second kappa shape index (κ2) is 6.78. The Morgan fingerprint density at radius 3 is 2.53 bits per heavy atom. The molecular weight excluding hydrogens is 270 g/mol. The van der Waals surface area contributed by atoms with Gasteiger partial charge in [-0.25, -0.2) is 17.9 Å². The van der Waals surface area contributed by atoms with Crippen molar-refractivity contribution < 1.29 is 23.1 Å². The Kier molecular flexibility index (Phi) is 5.36. The normalized spacial score (nSPS) is 10.7. The van der Waals surface area contributed by atoms with E-state index >= 15 is 0 Å². The number of benzene rings is 1. The van der Waals surface area contributed by atoms with Gasteiger partial charge in [0.05, 0.1) is 4.90 Å². The van der Waals surface area contributed by atoms with Crippen LogP contribution in [0.25, 0.3) is 0 Å². The summed E-state index contributed by atoms with van der Waals surface area (Å²) in [6.07, 6.45) is 5.33. The van der Waals surface area contributed by atoms with Crippen molar-refractivity contribution in [1.82, 2.24) is 4.72 Å². The Hall–Kier alpha value is -2.04. The fourth-order valence-electron chi connectivity index (χ4n) is 1.20. The summed E-state index contributed by atoms with van der Waals surface area (Å²) in [5.74, 6) is 1.50.